The molecule has 3 heteroatoms. The van der Waals surface area contributed by atoms with Crippen molar-refractivity contribution in [3.8, 4) is 5.75 Å². The lowest BCUT2D eigenvalue weighted by Gasteiger charge is -2.05. The number of H-pyrrole nitrogens is 1. The molecule has 0 saturated carbocycles. The highest BCUT2D eigenvalue weighted by Crippen LogP contribution is 2.24. The van der Waals surface area contributed by atoms with Gasteiger partial charge < -0.3 is 15.5 Å². The van der Waals surface area contributed by atoms with Crippen LogP contribution in [0.15, 0.2) is 30.5 Å². The zero-order chi connectivity index (χ0) is 9.80. The van der Waals surface area contributed by atoms with E-state index in [0.29, 0.717) is 13.2 Å². The first-order valence-corrected chi connectivity index (χ1v) is 4.81. The predicted octanol–water partition coefficient (Wildman–Crippen LogP) is 1.90. The van der Waals surface area contributed by atoms with E-state index in [1.54, 1.807) is 0 Å². The lowest BCUT2D eigenvalue weighted by atomic mass is 10.2. The summed E-state index contributed by atoms with van der Waals surface area (Å²) < 4.78 is 5.62. The molecule has 0 radical (unpaired) electrons. The molecule has 0 spiro atoms. The highest BCUT2D eigenvalue weighted by Gasteiger charge is 2.01. The summed E-state index contributed by atoms with van der Waals surface area (Å²) in [5, 5.41) is 1.13. The number of nitrogens with one attached hydrogen (secondary N) is 1. The SMILES string of the molecule is NCCCOc1cccc2[nH]ccc12. The molecule has 0 unspecified atom stereocenters. The van der Waals surface area contributed by atoms with Crippen LogP contribution in [0.4, 0.5) is 0 Å². The first-order valence-electron chi connectivity index (χ1n) is 4.81. The Labute approximate surface area is 82.9 Å². The maximum absolute atomic E-state index is 5.62. The van der Waals surface area contributed by atoms with Gasteiger partial charge in [0.1, 0.15) is 5.75 Å². The minimum atomic E-state index is 0.670. The molecule has 2 rings (SSSR count). The van der Waals surface area contributed by atoms with Crippen LogP contribution in [0, 0.1) is 0 Å². The van der Waals surface area contributed by atoms with Gasteiger partial charge in [0.15, 0.2) is 0 Å². The fourth-order valence-electron chi connectivity index (χ4n) is 1.45. The second kappa shape index (κ2) is 4.15. The molecule has 1 aromatic carbocycles. The van der Waals surface area contributed by atoms with Crippen LogP contribution in [0.25, 0.3) is 10.9 Å². The van der Waals surface area contributed by atoms with Gasteiger partial charge in [-0.25, -0.2) is 0 Å². The zero-order valence-electron chi connectivity index (χ0n) is 7.99. The van der Waals surface area contributed by atoms with E-state index in [2.05, 4.69) is 4.98 Å². The predicted molar refractivity (Wildman–Crippen MR) is 57.5 cm³/mol. The number of ether oxygens (including phenoxy) is 1. The van der Waals surface area contributed by atoms with Gasteiger partial charge in [0.2, 0.25) is 0 Å². The number of hydrogen-bond donors (Lipinski definition) is 2. The third-order valence-electron chi connectivity index (χ3n) is 2.16. The monoisotopic (exact) mass is 190 g/mol. The maximum Gasteiger partial charge on any atom is 0.128 e. The highest BCUT2D eigenvalue weighted by atomic mass is 16.5. The van der Waals surface area contributed by atoms with Gasteiger partial charge in [0, 0.05) is 17.1 Å². The van der Waals surface area contributed by atoms with E-state index in [1.165, 1.54) is 0 Å². The Kier molecular flexibility index (Phi) is 2.70. The van der Waals surface area contributed by atoms with Crippen LogP contribution in [0.3, 0.4) is 0 Å². The number of nitrogens with two attached hydrogens (primary N) is 1. The van der Waals surface area contributed by atoms with Gasteiger partial charge in [-0.15, -0.1) is 0 Å². The van der Waals surface area contributed by atoms with Crippen molar-refractivity contribution in [3.63, 3.8) is 0 Å². The van der Waals surface area contributed by atoms with Crippen molar-refractivity contribution in [1.82, 2.24) is 4.98 Å². The summed E-state index contributed by atoms with van der Waals surface area (Å²) >= 11 is 0. The molecular weight excluding hydrogens is 176 g/mol. The van der Waals surface area contributed by atoms with E-state index < -0.39 is 0 Å². The Balaban J connectivity index is 2.19. The van der Waals surface area contributed by atoms with Gasteiger partial charge in [0.25, 0.3) is 0 Å². The van der Waals surface area contributed by atoms with Crippen LogP contribution in [0.5, 0.6) is 5.75 Å². The number of rotatable bonds is 4. The van der Waals surface area contributed by atoms with Gasteiger partial charge in [-0.3, -0.25) is 0 Å². The number of aromatic nitrogens is 1. The van der Waals surface area contributed by atoms with E-state index in [1.807, 2.05) is 30.5 Å². The minimum absolute atomic E-state index is 0.670. The van der Waals surface area contributed by atoms with Crippen molar-refractivity contribution < 1.29 is 4.74 Å². The molecule has 0 aliphatic carbocycles. The second-order valence-corrected chi connectivity index (χ2v) is 3.19. The van der Waals surface area contributed by atoms with Crippen molar-refractivity contribution in [1.29, 1.82) is 0 Å². The Morgan fingerprint density at radius 2 is 2.21 bits per heavy atom. The third kappa shape index (κ3) is 1.72. The number of hydrogen-bond acceptors (Lipinski definition) is 2. The summed E-state index contributed by atoms with van der Waals surface area (Å²) in [5.74, 6) is 0.928. The lowest BCUT2D eigenvalue weighted by Crippen LogP contribution is -2.06. The average Bonchev–Trinajstić information content (AvgIpc) is 2.67. The summed E-state index contributed by atoms with van der Waals surface area (Å²) in [6.45, 7) is 1.35. The van der Waals surface area contributed by atoms with E-state index in [0.717, 1.165) is 23.1 Å². The molecule has 1 aromatic heterocycles. The Bertz CT molecular complexity index is 408. The van der Waals surface area contributed by atoms with Crippen LogP contribution < -0.4 is 10.5 Å². The van der Waals surface area contributed by atoms with Gasteiger partial charge in [0.05, 0.1) is 6.61 Å². The molecular formula is C11H14N2O. The zero-order valence-corrected chi connectivity index (χ0v) is 7.99. The average molecular weight is 190 g/mol. The Hall–Kier alpha value is -1.48. The third-order valence-corrected chi connectivity index (χ3v) is 2.16. The van der Waals surface area contributed by atoms with E-state index >= 15 is 0 Å². The Morgan fingerprint density at radius 1 is 1.29 bits per heavy atom. The molecule has 14 heavy (non-hydrogen) atoms. The lowest BCUT2D eigenvalue weighted by molar-refractivity contribution is 0.317. The van der Waals surface area contributed by atoms with Crippen LogP contribution in [-0.2, 0) is 0 Å². The molecule has 3 nitrogen and oxygen atoms in total. The van der Waals surface area contributed by atoms with Crippen molar-refractivity contribution in [2.75, 3.05) is 13.2 Å². The number of benzene rings is 1. The molecule has 2 aromatic rings. The van der Waals surface area contributed by atoms with Crippen molar-refractivity contribution in [2.45, 2.75) is 6.42 Å². The first-order chi connectivity index (χ1) is 6.92. The van der Waals surface area contributed by atoms with Crippen LogP contribution in [0.1, 0.15) is 6.42 Å². The number of fused-ring (bicyclic) bond motifs is 1. The second-order valence-electron chi connectivity index (χ2n) is 3.19. The summed E-state index contributed by atoms with van der Waals surface area (Å²) in [4.78, 5) is 3.15. The quantitative estimate of drug-likeness (QED) is 0.723. The molecule has 0 aliphatic heterocycles. The van der Waals surface area contributed by atoms with E-state index in [4.69, 9.17) is 10.5 Å². The van der Waals surface area contributed by atoms with Crippen molar-refractivity contribution >= 4 is 10.9 Å². The molecule has 0 amide bonds. The van der Waals surface area contributed by atoms with E-state index in [9.17, 15) is 0 Å². The molecule has 0 saturated heterocycles. The smallest absolute Gasteiger partial charge is 0.128 e. The normalized spacial score (nSPS) is 10.6. The number of aromatic amines is 1. The van der Waals surface area contributed by atoms with Crippen LogP contribution >= 0.6 is 0 Å². The fraction of sp³-hybridized carbons (Fsp3) is 0.273. The molecule has 74 valence electrons. The van der Waals surface area contributed by atoms with Gasteiger partial charge in [-0.05, 0) is 31.2 Å². The molecule has 3 N–H and O–H groups in total. The van der Waals surface area contributed by atoms with Crippen LogP contribution in [0.2, 0.25) is 0 Å². The maximum atomic E-state index is 5.62. The standard InChI is InChI=1S/C11H14N2O/c12-6-2-8-14-11-4-1-3-10-9(11)5-7-13-10/h1,3-5,7,13H,2,6,8,12H2. The van der Waals surface area contributed by atoms with Crippen molar-refractivity contribution in [3.05, 3.63) is 30.5 Å². The summed E-state index contributed by atoms with van der Waals surface area (Å²) in [7, 11) is 0. The molecule has 1 heterocycles. The minimum Gasteiger partial charge on any atom is -0.493 e. The highest BCUT2D eigenvalue weighted by molar-refractivity contribution is 5.85. The van der Waals surface area contributed by atoms with Gasteiger partial charge in [-0.2, -0.15) is 0 Å². The molecule has 0 fully saturated rings. The largest absolute Gasteiger partial charge is 0.493 e. The van der Waals surface area contributed by atoms with Crippen LogP contribution in [-0.4, -0.2) is 18.1 Å². The molecule has 0 aliphatic rings. The summed E-state index contributed by atoms with van der Waals surface area (Å²) in [5.41, 5.74) is 6.51. The van der Waals surface area contributed by atoms with Crippen molar-refractivity contribution in [2.24, 2.45) is 5.73 Å². The molecule has 0 bridgehead atoms. The first kappa shape index (κ1) is 9.09. The van der Waals surface area contributed by atoms with Gasteiger partial charge in [-0.1, -0.05) is 6.07 Å². The molecule has 0 atom stereocenters. The summed E-state index contributed by atoms with van der Waals surface area (Å²) in [6, 6.07) is 8.02. The topological polar surface area (TPSA) is 51.0 Å². The van der Waals surface area contributed by atoms with Gasteiger partial charge >= 0.3 is 0 Å². The Morgan fingerprint density at radius 3 is 3.07 bits per heavy atom. The summed E-state index contributed by atoms with van der Waals surface area (Å²) in [6.07, 6.45) is 2.81. The van der Waals surface area contributed by atoms with E-state index in [-0.39, 0.29) is 0 Å². The fourth-order valence-corrected chi connectivity index (χ4v) is 1.45.